The molecule has 16 heavy (non-hydrogen) atoms. The molecular weight excluding hydrogens is 234 g/mol. The summed E-state index contributed by atoms with van der Waals surface area (Å²) in [6.07, 6.45) is 0. The zero-order valence-corrected chi connectivity index (χ0v) is 8.73. The second kappa shape index (κ2) is 3.70. The molecular formula is C10H8ClNO4. The molecule has 1 aromatic heterocycles. The van der Waals surface area contributed by atoms with E-state index in [4.69, 9.17) is 26.9 Å². The number of hydrogen-bond acceptors (Lipinski definition) is 4. The highest BCUT2D eigenvalue weighted by Crippen LogP contribution is 2.35. The number of aliphatic carboxylic acids is 1. The zero-order valence-electron chi connectivity index (χ0n) is 7.98. The average Bonchev–Trinajstić information content (AvgIpc) is 2.59. The minimum Gasteiger partial charge on any atom is -0.504 e. The van der Waals surface area contributed by atoms with Gasteiger partial charge in [0, 0.05) is 17.0 Å². The van der Waals surface area contributed by atoms with Gasteiger partial charge in [0.1, 0.15) is 6.04 Å². The van der Waals surface area contributed by atoms with Crippen molar-refractivity contribution in [3.05, 3.63) is 29.0 Å². The van der Waals surface area contributed by atoms with Crippen LogP contribution in [0.3, 0.4) is 0 Å². The average molecular weight is 242 g/mol. The third-order valence-electron chi connectivity index (χ3n) is 2.26. The second-order valence-electron chi connectivity index (χ2n) is 3.29. The molecule has 6 heteroatoms. The minimum atomic E-state index is -1.30. The molecule has 0 spiro atoms. The Morgan fingerprint density at radius 2 is 2.19 bits per heavy atom. The summed E-state index contributed by atoms with van der Waals surface area (Å²) in [6, 6.07) is 3.24. The molecule has 0 fully saturated rings. The first-order valence-corrected chi connectivity index (χ1v) is 4.78. The van der Waals surface area contributed by atoms with Gasteiger partial charge in [0.05, 0.1) is 0 Å². The minimum absolute atomic E-state index is 0.0889. The first-order valence-electron chi connectivity index (χ1n) is 4.40. The molecule has 2 aromatic rings. The summed E-state index contributed by atoms with van der Waals surface area (Å²) in [5, 5.41) is 19.2. The van der Waals surface area contributed by atoms with E-state index in [0.717, 1.165) is 0 Å². The van der Waals surface area contributed by atoms with Crippen molar-refractivity contribution in [2.45, 2.75) is 6.04 Å². The van der Waals surface area contributed by atoms with E-state index in [1.54, 1.807) is 6.07 Å². The van der Waals surface area contributed by atoms with E-state index in [2.05, 4.69) is 0 Å². The lowest BCUT2D eigenvalue weighted by Crippen LogP contribution is -2.20. The lowest BCUT2D eigenvalue weighted by Gasteiger charge is -2.08. The molecule has 2 rings (SSSR count). The highest BCUT2D eigenvalue weighted by molar-refractivity contribution is 6.29. The normalized spacial score (nSPS) is 12.9. The largest absolute Gasteiger partial charge is 0.504 e. The van der Waals surface area contributed by atoms with E-state index in [1.165, 1.54) is 12.1 Å². The van der Waals surface area contributed by atoms with Gasteiger partial charge >= 0.3 is 5.97 Å². The van der Waals surface area contributed by atoms with Gasteiger partial charge in [-0.25, -0.2) is 0 Å². The van der Waals surface area contributed by atoms with Crippen LogP contribution in [0.4, 0.5) is 0 Å². The first kappa shape index (κ1) is 10.8. The van der Waals surface area contributed by atoms with Crippen molar-refractivity contribution < 1.29 is 19.4 Å². The maximum absolute atomic E-state index is 10.7. The Kier molecular flexibility index (Phi) is 2.49. The molecule has 0 saturated heterocycles. The molecule has 0 aliphatic rings. The quantitative estimate of drug-likeness (QED) is 0.746. The van der Waals surface area contributed by atoms with Crippen molar-refractivity contribution in [2.75, 3.05) is 0 Å². The number of carbonyl (C=O) groups is 1. The van der Waals surface area contributed by atoms with Crippen molar-refractivity contribution >= 4 is 28.5 Å². The van der Waals surface area contributed by atoms with Crippen molar-refractivity contribution in [2.24, 2.45) is 5.73 Å². The summed E-state index contributed by atoms with van der Waals surface area (Å²) in [6.45, 7) is 0. The molecule has 4 N–H and O–H groups in total. The number of rotatable bonds is 2. The monoisotopic (exact) mass is 241 g/mol. The van der Waals surface area contributed by atoms with Gasteiger partial charge < -0.3 is 20.4 Å². The fourth-order valence-corrected chi connectivity index (χ4v) is 1.65. The predicted octanol–water partition coefficient (Wildman–Crippen LogP) is 1.88. The number of fused-ring (bicyclic) bond motifs is 1. The summed E-state index contributed by atoms with van der Waals surface area (Å²) in [5.74, 6) is -1.52. The lowest BCUT2D eigenvalue weighted by molar-refractivity contribution is -0.138. The fraction of sp³-hybridized carbons (Fsp3) is 0.100. The van der Waals surface area contributed by atoms with Crippen molar-refractivity contribution in [1.82, 2.24) is 0 Å². The van der Waals surface area contributed by atoms with Crippen LogP contribution < -0.4 is 5.73 Å². The predicted molar refractivity (Wildman–Crippen MR) is 57.5 cm³/mol. The Labute approximate surface area is 95.0 Å². The summed E-state index contributed by atoms with van der Waals surface area (Å²) in [4.78, 5) is 10.7. The molecule has 5 nitrogen and oxygen atoms in total. The van der Waals surface area contributed by atoms with E-state index in [-0.39, 0.29) is 22.1 Å². The molecule has 0 saturated carbocycles. The maximum atomic E-state index is 10.7. The maximum Gasteiger partial charge on any atom is 0.325 e. The molecule has 1 heterocycles. The van der Waals surface area contributed by atoms with Crippen LogP contribution in [0.2, 0.25) is 5.22 Å². The van der Waals surface area contributed by atoms with E-state index in [1.807, 2.05) is 0 Å². The van der Waals surface area contributed by atoms with Gasteiger partial charge in [-0.1, -0.05) is 12.1 Å². The highest BCUT2D eigenvalue weighted by atomic mass is 35.5. The first-order chi connectivity index (χ1) is 7.50. The Morgan fingerprint density at radius 1 is 1.50 bits per heavy atom. The fourth-order valence-electron chi connectivity index (χ4n) is 1.46. The van der Waals surface area contributed by atoms with E-state index < -0.39 is 12.0 Å². The Morgan fingerprint density at radius 3 is 2.81 bits per heavy atom. The second-order valence-corrected chi connectivity index (χ2v) is 3.66. The van der Waals surface area contributed by atoms with E-state index in [9.17, 15) is 9.90 Å². The van der Waals surface area contributed by atoms with E-state index in [0.29, 0.717) is 5.39 Å². The molecule has 1 unspecified atom stereocenters. The molecule has 84 valence electrons. The van der Waals surface area contributed by atoms with Gasteiger partial charge in [-0.05, 0) is 11.6 Å². The molecule has 0 aliphatic carbocycles. The highest BCUT2D eigenvalue weighted by Gasteiger charge is 2.21. The molecule has 1 aromatic carbocycles. The number of benzene rings is 1. The van der Waals surface area contributed by atoms with Gasteiger partial charge in [0.2, 0.25) is 0 Å². The number of hydrogen-bond donors (Lipinski definition) is 3. The van der Waals surface area contributed by atoms with Crippen LogP contribution in [0.15, 0.2) is 22.6 Å². The van der Waals surface area contributed by atoms with Crippen LogP contribution in [0.5, 0.6) is 5.75 Å². The molecule has 1 atom stereocenters. The van der Waals surface area contributed by atoms with Gasteiger partial charge in [0.15, 0.2) is 16.6 Å². The summed E-state index contributed by atoms with van der Waals surface area (Å²) in [5.41, 5.74) is 5.63. The van der Waals surface area contributed by atoms with Crippen LogP contribution in [0.1, 0.15) is 11.6 Å². The van der Waals surface area contributed by atoms with Gasteiger partial charge in [-0.2, -0.15) is 0 Å². The number of halogens is 1. The number of phenols is 1. The number of phenolic OH excluding ortho intramolecular Hbond substituents is 1. The number of carboxylic acid groups (broad SMARTS) is 1. The standard InChI is InChI=1S/C10H8ClNO4/c11-6-3-4-1-2-5(7(12)10(14)15)8(13)9(4)16-6/h1-3,7,13H,12H2,(H,14,15). The number of aromatic hydroxyl groups is 1. The van der Waals surface area contributed by atoms with Gasteiger partial charge in [-0.15, -0.1) is 0 Å². The third-order valence-corrected chi connectivity index (χ3v) is 2.45. The topological polar surface area (TPSA) is 96.7 Å². The molecule has 0 radical (unpaired) electrons. The smallest absolute Gasteiger partial charge is 0.325 e. The third kappa shape index (κ3) is 1.60. The summed E-state index contributed by atoms with van der Waals surface area (Å²) in [7, 11) is 0. The van der Waals surface area contributed by atoms with Crippen molar-refractivity contribution in [3.63, 3.8) is 0 Å². The van der Waals surface area contributed by atoms with Crippen molar-refractivity contribution in [3.8, 4) is 5.75 Å². The van der Waals surface area contributed by atoms with Gasteiger partial charge in [-0.3, -0.25) is 4.79 Å². The number of carboxylic acids is 1. The Bertz CT molecular complexity index is 563. The van der Waals surface area contributed by atoms with Crippen LogP contribution in [0, 0.1) is 0 Å². The van der Waals surface area contributed by atoms with Gasteiger partial charge in [0.25, 0.3) is 0 Å². The van der Waals surface area contributed by atoms with Crippen LogP contribution in [-0.4, -0.2) is 16.2 Å². The Hall–Kier alpha value is -1.72. The summed E-state index contributed by atoms with van der Waals surface area (Å²) < 4.78 is 5.04. The van der Waals surface area contributed by atoms with Crippen LogP contribution >= 0.6 is 11.6 Å². The Balaban J connectivity index is 2.64. The lowest BCUT2D eigenvalue weighted by atomic mass is 10.1. The number of nitrogens with two attached hydrogens (primary N) is 1. The SMILES string of the molecule is NC(C(=O)O)c1ccc2cc(Cl)oc2c1O. The zero-order chi connectivity index (χ0) is 11.9. The van der Waals surface area contributed by atoms with Crippen molar-refractivity contribution in [1.29, 1.82) is 0 Å². The molecule has 0 bridgehead atoms. The molecule has 0 amide bonds. The van der Waals surface area contributed by atoms with E-state index >= 15 is 0 Å². The van der Waals surface area contributed by atoms with Crippen LogP contribution in [-0.2, 0) is 4.79 Å². The summed E-state index contributed by atoms with van der Waals surface area (Å²) >= 11 is 5.62. The number of furan rings is 1. The molecule has 0 aliphatic heterocycles. The van der Waals surface area contributed by atoms with Crippen LogP contribution in [0.25, 0.3) is 11.0 Å².